The molecule has 0 heterocycles. The van der Waals surface area contributed by atoms with Crippen LogP contribution in [0.1, 0.15) is 20.8 Å². The van der Waals surface area contributed by atoms with E-state index in [1.807, 2.05) is 0 Å². The largest absolute Gasteiger partial charge is 2.00 e. The van der Waals surface area contributed by atoms with E-state index in [0.717, 1.165) is 20.8 Å². The maximum Gasteiger partial charge on any atom is 2.00 e. The molecule has 20 heavy (non-hydrogen) atoms. The summed E-state index contributed by atoms with van der Waals surface area (Å²) in [5.74, 6) is -7.69. The van der Waals surface area contributed by atoms with Crippen molar-refractivity contribution in [2.45, 2.75) is 20.8 Å². The summed E-state index contributed by atoms with van der Waals surface area (Å²) in [6.07, 6.45) is 0. The SMILES string of the molecule is CC(=O)C(=O)[O-].CC(=O)C(=O)[O-].CC(=O)C(=O)[O-].[Na+].[Se+2]. The van der Waals surface area contributed by atoms with E-state index in [4.69, 9.17) is 0 Å². The second kappa shape index (κ2) is 17.9. The Labute approximate surface area is 146 Å². The van der Waals surface area contributed by atoms with Gasteiger partial charge in [-0.1, -0.05) is 0 Å². The summed E-state index contributed by atoms with van der Waals surface area (Å²) in [6, 6.07) is 0. The summed E-state index contributed by atoms with van der Waals surface area (Å²) < 4.78 is 0. The molecule has 0 aliphatic carbocycles. The summed E-state index contributed by atoms with van der Waals surface area (Å²) in [5, 5.41) is 27.7. The number of carbonyl (C=O) groups is 6. The number of aliphatic carboxylic acids is 3. The monoisotopic (exact) mass is 364 g/mol. The van der Waals surface area contributed by atoms with Crippen molar-refractivity contribution in [1.82, 2.24) is 0 Å². The first-order chi connectivity index (χ1) is 7.93. The second-order valence-corrected chi connectivity index (χ2v) is 2.53. The van der Waals surface area contributed by atoms with Gasteiger partial charge in [-0.2, -0.15) is 0 Å². The van der Waals surface area contributed by atoms with Crippen molar-refractivity contribution in [3.63, 3.8) is 0 Å². The molecule has 0 aliphatic heterocycles. The molecule has 0 saturated carbocycles. The zero-order chi connectivity index (χ0) is 15.5. The molecule has 0 atom stereocenters. The van der Waals surface area contributed by atoms with Crippen LogP contribution >= 0.6 is 0 Å². The second-order valence-electron chi connectivity index (χ2n) is 2.53. The average molecular weight is 363 g/mol. The number of hydrogen-bond acceptors (Lipinski definition) is 9. The Kier molecular flexibility index (Phi) is 28.1. The van der Waals surface area contributed by atoms with Crippen LogP contribution in [0, 0.1) is 0 Å². The van der Waals surface area contributed by atoms with Crippen LogP contribution in [0.2, 0.25) is 0 Å². The van der Waals surface area contributed by atoms with E-state index < -0.39 is 35.3 Å². The molecule has 0 rings (SSSR count). The minimum Gasteiger partial charge on any atom is -0.542 e. The molecular weight excluding hydrogens is 354 g/mol. The minimum absolute atomic E-state index is 0. The summed E-state index contributed by atoms with van der Waals surface area (Å²) >= 11 is 0. The summed E-state index contributed by atoms with van der Waals surface area (Å²) in [7, 11) is 0. The smallest absolute Gasteiger partial charge is 0.542 e. The summed E-state index contributed by atoms with van der Waals surface area (Å²) in [6.45, 7) is 2.82. The maximum atomic E-state index is 9.48. The third-order valence-corrected chi connectivity index (χ3v) is 0.862. The molecule has 4 radical (unpaired) electrons. The zero-order valence-corrected chi connectivity index (χ0v) is 14.8. The maximum absolute atomic E-state index is 9.48. The summed E-state index contributed by atoms with van der Waals surface area (Å²) in [4.78, 5) is 56.2. The van der Waals surface area contributed by atoms with Gasteiger partial charge in [-0.15, -0.1) is 0 Å². The zero-order valence-electron chi connectivity index (χ0n) is 11.1. The molecule has 0 amide bonds. The first-order valence-corrected chi connectivity index (χ1v) is 4.09. The van der Waals surface area contributed by atoms with E-state index in [0.29, 0.717) is 0 Å². The molecular formula is C9H9NaO9Se. The Hall–Kier alpha value is -1.06. The van der Waals surface area contributed by atoms with Gasteiger partial charge < -0.3 is 29.7 Å². The van der Waals surface area contributed by atoms with Crippen molar-refractivity contribution in [3.05, 3.63) is 0 Å². The van der Waals surface area contributed by atoms with Gasteiger partial charge in [0.1, 0.15) is 17.9 Å². The van der Waals surface area contributed by atoms with Gasteiger partial charge in [-0.05, 0) is 0 Å². The molecule has 0 bridgehead atoms. The van der Waals surface area contributed by atoms with E-state index in [-0.39, 0.29) is 46.6 Å². The number of carboxylic acid groups (broad SMARTS) is 3. The van der Waals surface area contributed by atoms with Gasteiger partial charge in [0.25, 0.3) is 0 Å². The fourth-order valence-corrected chi connectivity index (χ4v) is 0. The molecule has 11 heteroatoms. The van der Waals surface area contributed by atoms with E-state index in [1.54, 1.807) is 0 Å². The van der Waals surface area contributed by atoms with Crippen LogP contribution in [0.3, 0.4) is 0 Å². The van der Waals surface area contributed by atoms with E-state index >= 15 is 0 Å². The van der Waals surface area contributed by atoms with Crippen LogP contribution in [-0.2, 0) is 28.8 Å². The molecule has 9 nitrogen and oxygen atoms in total. The number of hydrogen-bond donors (Lipinski definition) is 0. The molecule has 0 N–H and O–H groups in total. The van der Waals surface area contributed by atoms with Crippen molar-refractivity contribution >= 4 is 52.3 Å². The van der Waals surface area contributed by atoms with Crippen LogP contribution < -0.4 is 44.9 Å². The Bertz CT molecular complexity index is 285. The third-order valence-electron chi connectivity index (χ3n) is 0.862. The van der Waals surface area contributed by atoms with Gasteiger partial charge in [0.05, 0.1) is 0 Å². The minimum atomic E-state index is -1.63. The Balaban J connectivity index is -0.0000000536. The molecule has 0 spiro atoms. The Morgan fingerprint density at radius 1 is 0.550 bits per heavy atom. The van der Waals surface area contributed by atoms with Gasteiger partial charge in [0.15, 0.2) is 17.3 Å². The predicted octanol–water partition coefficient (Wildman–Crippen LogP) is -8.40. The quantitative estimate of drug-likeness (QED) is 0.349. The third kappa shape index (κ3) is 36.0. The van der Waals surface area contributed by atoms with Gasteiger partial charge >= 0.3 is 46.6 Å². The van der Waals surface area contributed by atoms with Crippen LogP contribution in [0.5, 0.6) is 0 Å². The molecule has 0 fully saturated rings. The first kappa shape index (κ1) is 31.4. The molecule has 106 valence electrons. The number of Topliss-reactive ketones (excluding diaryl/α,β-unsaturated/α-hetero) is 3. The van der Waals surface area contributed by atoms with Crippen LogP contribution in [0.15, 0.2) is 0 Å². The predicted molar refractivity (Wildman–Crippen MR) is 52.8 cm³/mol. The molecule has 0 aromatic heterocycles. The first-order valence-electron chi connectivity index (χ1n) is 4.09. The Morgan fingerprint density at radius 3 is 0.600 bits per heavy atom. The topological polar surface area (TPSA) is 172 Å². The van der Waals surface area contributed by atoms with Gasteiger partial charge in [0.2, 0.25) is 0 Å². The van der Waals surface area contributed by atoms with Crippen molar-refractivity contribution in [1.29, 1.82) is 0 Å². The fraction of sp³-hybridized carbons (Fsp3) is 0.333. The van der Waals surface area contributed by atoms with Crippen LogP contribution in [0.25, 0.3) is 0 Å². The molecule has 0 aromatic rings. The normalized spacial score (nSPS) is 6.75. The van der Waals surface area contributed by atoms with Gasteiger partial charge in [-0.25, -0.2) is 0 Å². The van der Waals surface area contributed by atoms with Crippen LogP contribution in [-0.4, -0.2) is 52.3 Å². The van der Waals surface area contributed by atoms with Gasteiger partial charge in [0, 0.05) is 20.8 Å². The number of carboxylic acids is 3. The number of ketones is 3. The van der Waals surface area contributed by atoms with Gasteiger partial charge in [-0.3, -0.25) is 14.4 Å². The van der Waals surface area contributed by atoms with Crippen molar-refractivity contribution < 1.29 is 73.6 Å². The fourth-order valence-electron chi connectivity index (χ4n) is 0. The van der Waals surface area contributed by atoms with Crippen molar-refractivity contribution in [3.8, 4) is 0 Å². The van der Waals surface area contributed by atoms with Crippen molar-refractivity contribution in [2.75, 3.05) is 0 Å². The molecule has 0 saturated heterocycles. The number of carbonyl (C=O) groups excluding carboxylic acids is 6. The van der Waals surface area contributed by atoms with Crippen molar-refractivity contribution in [2.24, 2.45) is 0 Å². The van der Waals surface area contributed by atoms with E-state index in [1.165, 1.54) is 0 Å². The molecule has 0 aromatic carbocycles. The average Bonchev–Trinajstić information content (AvgIpc) is 2.18. The van der Waals surface area contributed by atoms with Crippen LogP contribution in [0.4, 0.5) is 0 Å². The van der Waals surface area contributed by atoms with E-state index in [9.17, 15) is 44.1 Å². The molecule has 0 aliphatic rings. The molecule has 0 unspecified atom stereocenters. The Morgan fingerprint density at radius 2 is 0.600 bits per heavy atom. The summed E-state index contributed by atoms with van der Waals surface area (Å²) in [5.41, 5.74) is 0. The van der Waals surface area contributed by atoms with E-state index in [2.05, 4.69) is 0 Å². The standard InChI is InChI=1S/3C3H4O3.Na.Se/c3*1-2(4)3(5)6;;/h3*1H3,(H,5,6);;/q;;;+1;+2/p-3. The number of rotatable bonds is 3.